The molecular formula is C6H3Cl2NO2. The van der Waals surface area contributed by atoms with Crippen LogP contribution in [0.15, 0.2) is 18.3 Å². The number of ether oxygens (including phenoxy) is 1. The molecule has 0 fully saturated rings. The summed E-state index contributed by atoms with van der Waals surface area (Å²) in [5.41, 5.74) is -0.896. The van der Waals surface area contributed by atoms with E-state index < -0.39 is 5.43 Å². The van der Waals surface area contributed by atoms with Gasteiger partial charge in [-0.2, -0.15) is 0 Å². The van der Waals surface area contributed by atoms with Crippen LogP contribution in [0.25, 0.3) is 0 Å². The smallest absolute Gasteiger partial charge is 0.409 e. The number of nitrogens with zero attached hydrogens (tertiary/aromatic N) is 1. The molecule has 0 atom stereocenters. The first-order valence-electron chi connectivity index (χ1n) is 2.67. The van der Waals surface area contributed by atoms with E-state index in [2.05, 4.69) is 9.72 Å². The molecule has 11 heavy (non-hydrogen) atoms. The second-order valence-corrected chi connectivity index (χ2v) is 2.35. The first kappa shape index (κ1) is 8.30. The molecule has 1 heterocycles. The number of carbonyl (C=O) groups excluding carboxylic acids is 1. The largest absolute Gasteiger partial charge is 0.414 e. The average Bonchev–Trinajstić information content (AvgIpc) is 1.85. The van der Waals surface area contributed by atoms with Gasteiger partial charge in [-0.1, -0.05) is 11.6 Å². The predicted octanol–water partition coefficient (Wildman–Crippen LogP) is 2.47. The number of rotatable bonds is 1. The van der Waals surface area contributed by atoms with Crippen LogP contribution in [0.1, 0.15) is 0 Å². The van der Waals surface area contributed by atoms with Gasteiger partial charge in [-0.25, -0.2) is 9.78 Å². The SMILES string of the molecule is O=C(Cl)Oc1ccnc(Cl)c1. The molecule has 0 radical (unpaired) electrons. The zero-order valence-corrected chi connectivity index (χ0v) is 6.76. The third-order valence-corrected chi connectivity index (χ3v) is 1.18. The predicted molar refractivity (Wildman–Crippen MR) is 41.1 cm³/mol. The number of hydrogen-bond acceptors (Lipinski definition) is 3. The normalized spacial score (nSPS) is 9.27. The van der Waals surface area contributed by atoms with E-state index in [-0.39, 0.29) is 10.9 Å². The molecule has 0 unspecified atom stereocenters. The van der Waals surface area contributed by atoms with Gasteiger partial charge in [-0.15, -0.1) is 0 Å². The summed E-state index contributed by atoms with van der Waals surface area (Å²) in [7, 11) is 0. The second kappa shape index (κ2) is 3.55. The summed E-state index contributed by atoms with van der Waals surface area (Å²) in [6, 6.07) is 2.87. The van der Waals surface area contributed by atoms with Crippen LogP contribution in [0, 0.1) is 0 Å². The van der Waals surface area contributed by atoms with Gasteiger partial charge in [0.15, 0.2) is 0 Å². The number of pyridine rings is 1. The van der Waals surface area contributed by atoms with Crippen LogP contribution >= 0.6 is 23.2 Å². The Morgan fingerprint density at radius 1 is 1.64 bits per heavy atom. The topological polar surface area (TPSA) is 39.2 Å². The van der Waals surface area contributed by atoms with Gasteiger partial charge in [0.05, 0.1) is 0 Å². The molecule has 0 amide bonds. The lowest BCUT2D eigenvalue weighted by atomic mass is 10.5. The Morgan fingerprint density at radius 2 is 2.36 bits per heavy atom. The lowest BCUT2D eigenvalue weighted by Gasteiger charge is -1.97. The van der Waals surface area contributed by atoms with E-state index in [4.69, 9.17) is 23.2 Å². The summed E-state index contributed by atoms with van der Waals surface area (Å²) in [4.78, 5) is 13.9. The van der Waals surface area contributed by atoms with Gasteiger partial charge in [0.2, 0.25) is 0 Å². The first-order valence-corrected chi connectivity index (χ1v) is 3.43. The van der Waals surface area contributed by atoms with Crippen molar-refractivity contribution in [1.29, 1.82) is 0 Å². The van der Waals surface area contributed by atoms with E-state index >= 15 is 0 Å². The summed E-state index contributed by atoms with van der Waals surface area (Å²) >= 11 is 10.4. The average molecular weight is 192 g/mol. The minimum absolute atomic E-state index is 0.250. The van der Waals surface area contributed by atoms with E-state index in [9.17, 15) is 4.79 Å². The highest BCUT2D eigenvalue weighted by Gasteiger charge is 1.99. The summed E-state index contributed by atoms with van der Waals surface area (Å²) in [5, 5.41) is 0.250. The number of hydrogen-bond donors (Lipinski definition) is 0. The van der Waals surface area contributed by atoms with Crippen LogP contribution in [0.4, 0.5) is 4.79 Å². The van der Waals surface area contributed by atoms with Crippen molar-refractivity contribution in [3.63, 3.8) is 0 Å². The Labute approximate surface area is 72.9 Å². The number of carbonyl (C=O) groups is 1. The molecule has 0 saturated heterocycles. The lowest BCUT2D eigenvalue weighted by molar-refractivity contribution is 0.225. The van der Waals surface area contributed by atoms with Gasteiger partial charge in [-0.3, -0.25) is 0 Å². The molecule has 1 aromatic rings. The van der Waals surface area contributed by atoms with E-state index in [1.165, 1.54) is 18.3 Å². The molecule has 58 valence electrons. The minimum atomic E-state index is -0.896. The first-order chi connectivity index (χ1) is 5.18. The van der Waals surface area contributed by atoms with Crippen molar-refractivity contribution < 1.29 is 9.53 Å². The van der Waals surface area contributed by atoms with E-state index in [0.29, 0.717) is 0 Å². The van der Waals surface area contributed by atoms with Gasteiger partial charge >= 0.3 is 5.43 Å². The quantitative estimate of drug-likeness (QED) is 0.506. The molecule has 1 aromatic heterocycles. The van der Waals surface area contributed by atoms with Crippen molar-refractivity contribution in [3.05, 3.63) is 23.5 Å². The monoisotopic (exact) mass is 191 g/mol. The molecule has 3 nitrogen and oxygen atoms in total. The van der Waals surface area contributed by atoms with E-state index in [1.54, 1.807) is 0 Å². The molecule has 0 saturated carbocycles. The van der Waals surface area contributed by atoms with Gasteiger partial charge in [-0.05, 0) is 6.07 Å². The Bertz CT molecular complexity index is 277. The molecule has 0 spiro atoms. The van der Waals surface area contributed by atoms with Crippen LogP contribution in [0.3, 0.4) is 0 Å². The number of aromatic nitrogens is 1. The van der Waals surface area contributed by atoms with Gasteiger partial charge in [0, 0.05) is 23.9 Å². The Kier molecular flexibility index (Phi) is 2.68. The van der Waals surface area contributed by atoms with Crippen molar-refractivity contribution in [2.75, 3.05) is 0 Å². The highest BCUT2D eigenvalue weighted by Crippen LogP contribution is 2.14. The molecule has 0 bridgehead atoms. The van der Waals surface area contributed by atoms with Crippen LogP contribution in [-0.2, 0) is 0 Å². The minimum Gasteiger partial charge on any atom is -0.414 e. The van der Waals surface area contributed by atoms with Crippen molar-refractivity contribution in [2.45, 2.75) is 0 Å². The van der Waals surface area contributed by atoms with Crippen LogP contribution in [0.2, 0.25) is 5.15 Å². The summed E-state index contributed by atoms with van der Waals surface area (Å²) < 4.78 is 4.50. The fourth-order valence-corrected chi connectivity index (χ4v) is 0.794. The van der Waals surface area contributed by atoms with Crippen molar-refractivity contribution in [3.8, 4) is 5.75 Å². The molecule has 0 aliphatic heterocycles. The van der Waals surface area contributed by atoms with Gasteiger partial charge < -0.3 is 4.74 Å². The summed E-state index contributed by atoms with van der Waals surface area (Å²) in [5.74, 6) is 0.282. The van der Waals surface area contributed by atoms with Crippen LogP contribution < -0.4 is 4.74 Å². The molecule has 0 N–H and O–H groups in total. The van der Waals surface area contributed by atoms with Crippen molar-refractivity contribution in [2.24, 2.45) is 0 Å². The van der Waals surface area contributed by atoms with Crippen molar-refractivity contribution in [1.82, 2.24) is 4.98 Å². The maximum Gasteiger partial charge on any atom is 0.409 e. The molecular weight excluding hydrogens is 189 g/mol. The number of halogens is 2. The molecule has 0 aliphatic carbocycles. The molecule has 1 rings (SSSR count). The van der Waals surface area contributed by atoms with E-state index in [0.717, 1.165) is 0 Å². The highest BCUT2D eigenvalue weighted by atomic mass is 35.5. The molecule has 0 aliphatic rings. The third-order valence-electron chi connectivity index (χ3n) is 0.896. The maximum absolute atomic E-state index is 10.2. The zero-order chi connectivity index (χ0) is 8.27. The lowest BCUT2D eigenvalue weighted by Crippen LogP contribution is -1.95. The Morgan fingerprint density at radius 3 is 2.91 bits per heavy atom. The standard InChI is InChI=1S/C6H3Cl2NO2/c7-5-3-4(1-2-9-5)11-6(8)10/h1-3H. The van der Waals surface area contributed by atoms with Crippen LogP contribution in [0.5, 0.6) is 5.75 Å². The zero-order valence-electron chi connectivity index (χ0n) is 5.25. The fourth-order valence-electron chi connectivity index (χ4n) is 0.541. The van der Waals surface area contributed by atoms with Crippen molar-refractivity contribution >= 4 is 28.6 Å². The summed E-state index contributed by atoms with van der Waals surface area (Å²) in [6.45, 7) is 0. The summed E-state index contributed by atoms with van der Waals surface area (Å²) in [6.07, 6.45) is 1.41. The van der Waals surface area contributed by atoms with Gasteiger partial charge in [0.25, 0.3) is 0 Å². The maximum atomic E-state index is 10.2. The molecule has 5 heteroatoms. The van der Waals surface area contributed by atoms with E-state index in [1.807, 2.05) is 0 Å². The van der Waals surface area contributed by atoms with Gasteiger partial charge in [0.1, 0.15) is 10.9 Å². The molecule has 0 aromatic carbocycles. The highest BCUT2D eigenvalue weighted by molar-refractivity contribution is 6.61. The second-order valence-electron chi connectivity index (χ2n) is 1.65. The Hall–Kier alpha value is -0.800. The Balaban J connectivity index is 2.79. The fraction of sp³-hybridized carbons (Fsp3) is 0. The third kappa shape index (κ3) is 2.74. The van der Waals surface area contributed by atoms with Crippen LogP contribution in [-0.4, -0.2) is 10.4 Å².